The molecule has 1 amide bonds. The summed E-state index contributed by atoms with van der Waals surface area (Å²) in [7, 11) is 3.15. The average Bonchev–Trinajstić information content (AvgIpc) is 2.53. The molecular weight excluding hydrogens is 254 g/mol. The first-order chi connectivity index (χ1) is 9.65. The van der Waals surface area contributed by atoms with Crippen LogP contribution in [0.15, 0.2) is 54.6 Å². The van der Waals surface area contributed by atoms with E-state index in [-0.39, 0.29) is 0 Å². The summed E-state index contributed by atoms with van der Waals surface area (Å²) in [6.45, 7) is 0. The summed E-state index contributed by atoms with van der Waals surface area (Å²) in [5, 5.41) is 10.3. The second-order valence-electron chi connectivity index (χ2n) is 4.38. The fourth-order valence-electron chi connectivity index (χ4n) is 1.99. The van der Waals surface area contributed by atoms with Crippen molar-refractivity contribution in [3.05, 3.63) is 60.2 Å². The van der Waals surface area contributed by atoms with E-state index in [1.807, 2.05) is 30.3 Å². The summed E-state index contributed by atoms with van der Waals surface area (Å²) in [6.07, 6.45) is -1.25. The van der Waals surface area contributed by atoms with Gasteiger partial charge in [-0.25, -0.2) is 0 Å². The Morgan fingerprint density at radius 1 is 1.10 bits per heavy atom. The lowest BCUT2D eigenvalue weighted by molar-refractivity contribution is -0.126. The average molecular weight is 271 g/mol. The Hall–Kier alpha value is -2.33. The maximum atomic E-state index is 12.3. The van der Waals surface area contributed by atoms with E-state index in [1.54, 1.807) is 31.3 Å². The van der Waals surface area contributed by atoms with Gasteiger partial charge in [0.25, 0.3) is 5.91 Å². The number of hydrogen-bond acceptors (Lipinski definition) is 3. The van der Waals surface area contributed by atoms with Gasteiger partial charge in [0, 0.05) is 18.3 Å². The summed E-state index contributed by atoms with van der Waals surface area (Å²) < 4.78 is 5.17. The standard InChI is InChI=1S/C16H17NO3/c1-17(12-8-4-3-5-9-12)16(19)15(18)13-10-6-7-11-14(13)20-2/h3-11,15,18H,1-2H3. The number of nitrogens with zero attached hydrogens (tertiary/aromatic N) is 1. The first-order valence-corrected chi connectivity index (χ1v) is 6.28. The van der Waals surface area contributed by atoms with Crippen LogP contribution in [0.4, 0.5) is 5.69 Å². The molecule has 1 atom stereocenters. The van der Waals surface area contributed by atoms with Crippen LogP contribution in [-0.2, 0) is 4.79 Å². The normalized spacial score (nSPS) is 11.8. The molecule has 2 aromatic carbocycles. The smallest absolute Gasteiger partial charge is 0.260 e. The molecule has 0 heterocycles. The molecule has 0 aliphatic rings. The van der Waals surface area contributed by atoms with Crippen molar-refractivity contribution in [1.82, 2.24) is 0 Å². The molecule has 0 bridgehead atoms. The van der Waals surface area contributed by atoms with Gasteiger partial charge >= 0.3 is 0 Å². The zero-order chi connectivity index (χ0) is 14.5. The van der Waals surface area contributed by atoms with Gasteiger partial charge in [-0.15, -0.1) is 0 Å². The molecule has 1 unspecified atom stereocenters. The molecule has 4 heteroatoms. The summed E-state index contributed by atoms with van der Waals surface area (Å²) >= 11 is 0. The molecule has 0 saturated heterocycles. The number of aliphatic hydroxyl groups excluding tert-OH is 1. The van der Waals surface area contributed by atoms with Gasteiger partial charge in [-0.3, -0.25) is 4.79 Å². The number of methoxy groups -OCH3 is 1. The minimum atomic E-state index is -1.25. The minimum absolute atomic E-state index is 0.402. The van der Waals surface area contributed by atoms with Gasteiger partial charge in [-0.2, -0.15) is 0 Å². The Kier molecular flexibility index (Phi) is 4.38. The second kappa shape index (κ2) is 6.21. The minimum Gasteiger partial charge on any atom is -0.496 e. The molecule has 0 fully saturated rings. The number of rotatable bonds is 4. The largest absolute Gasteiger partial charge is 0.496 e. The fourth-order valence-corrected chi connectivity index (χ4v) is 1.99. The van der Waals surface area contributed by atoms with E-state index in [0.29, 0.717) is 11.3 Å². The highest BCUT2D eigenvalue weighted by Crippen LogP contribution is 2.27. The van der Waals surface area contributed by atoms with E-state index in [4.69, 9.17) is 4.74 Å². The van der Waals surface area contributed by atoms with Gasteiger partial charge in [0.1, 0.15) is 5.75 Å². The molecule has 0 saturated carbocycles. The highest BCUT2D eigenvalue weighted by molar-refractivity contribution is 5.96. The van der Waals surface area contributed by atoms with Crippen molar-refractivity contribution in [3.8, 4) is 5.75 Å². The highest BCUT2D eigenvalue weighted by Gasteiger charge is 2.24. The van der Waals surface area contributed by atoms with Crippen LogP contribution in [0, 0.1) is 0 Å². The van der Waals surface area contributed by atoms with Crippen LogP contribution in [0.5, 0.6) is 5.75 Å². The van der Waals surface area contributed by atoms with Gasteiger partial charge in [0.2, 0.25) is 0 Å². The van der Waals surface area contributed by atoms with Crippen molar-refractivity contribution in [3.63, 3.8) is 0 Å². The van der Waals surface area contributed by atoms with Crippen LogP contribution >= 0.6 is 0 Å². The predicted octanol–water partition coefficient (Wildman–Crippen LogP) is 2.39. The summed E-state index contributed by atoms with van der Waals surface area (Å²) in [4.78, 5) is 13.8. The zero-order valence-electron chi connectivity index (χ0n) is 11.5. The first-order valence-electron chi connectivity index (χ1n) is 6.28. The van der Waals surface area contributed by atoms with Crippen molar-refractivity contribution < 1.29 is 14.6 Å². The number of hydrogen-bond donors (Lipinski definition) is 1. The van der Waals surface area contributed by atoms with E-state index in [9.17, 15) is 9.90 Å². The van der Waals surface area contributed by atoms with Crippen molar-refractivity contribution >= 4 is 11.6 Å². The third-order valence-corrected chi connectivity index (χ3v) is 3.14. The Morgan fingerprint density at radius 2 is 1.70 bits per heavy atom. The number of benzene rings is 2. The van der Waals surface area contributed by atoms with Gasteiger partial charge < -0.3 is 14.7 Å². The molecule has 0 aromatic heterocycles. The van der Waals surface area contributed by atoms with Gasteiger partial charge in [0.15, 0.2) is 6.10 Å². The van der Waals surface area contributed by atoms with Crippen LogP contribution in [0.25, 0.3) is 0 Å². The Morgan fingerprint density at radius 3 is 2.35 bits per heavy atom. The van der Waals surface area contributed by atoms with E-state index in [1.165, 1.54) is 12.0 Å². The van der Waals surface area contributed by atoms with Gasteiger partial charge in [-0.05, 0) is 18.2 Å². The molecule has 0 radical (unpaired) electrons. The molecule has 0 spiro atoms. The SMILES string of the molecule is COc1ccccc1C(O)C(=O)N(C)c1ccccc1. The van der Waals surface area contributed by atoms with Crippen molar-refractivity contribution in [2.75, 3.05) is 19.1 Å². The summed E-state index contributed by atoms with van der Waals surface area (Å²) in [6, 6.07) is 16.1. The third kappa shape index (κ3) is 2.81. The van der Waals surface area contributed by atoms with Crippen LogP contribution in [-0.4, -0.2) is 25.2 Å². The molecule has 2 aromatic rings. The van der Waals surface area contributed by atoms with Crippen LogP contribution in [0.1, 0.15) is 11.7 Å². The quantitative estimate of drug-likeness (QED) is 0.929. The summed E-state index contributed by atoms with van der Waals surface area (Å²) in [5.41, 5.74) is 1.19. The lowest BCUT2D eigenvalue weighted by Crippen LogP contribution is -2.31. The van der Waals surface area contributed by atoms with E-state index in [0.717, 1.165) is 5.69 Å². The Labute approximate surface area is 118 Å². The van der Waals surface area contributed by atoms with E-state index >= 15 is 0 Å². The van der Waals surface area contributed by atoms with Crippen LogP contribution in [0.2, 0.25) is 0 Å². The number of carbonyl (C=O) groups excluding carboxylic acids is 1. The number of anilines is 1. The molecular formula is C16H17NO3. The molecule has 0 aliphatic carbocycles. The molecule has 2 rings (SSSR count). The number of carbonyl (C=O) groups is 1. The lowest BCUT2D eigenvalue weighted by Gasteiger charge is -2.22. The van der Waals surface area contributed by atoms with Gasteiger partial charge in [-0.1, -0.05) is 36.4 Å². The molecule has 0 aliphatic heterocycles. The Bertz CT molecular complexity index is 583. The molecule has 4 nitrogen and oxygen atoms in total. The predicted molar refractivity (Wildman–Crippen MR) is 77.8 cm³/mol. The number of likely N-dealkylation sites (N-methyl/N-ethyl adjacent to an activating group) is 1. The molecule has 20 heavy (non-hydrogen) atoms. The van der Waals surface area contributed by atoms with E-state index < -0.39 is 12.0 Å². The maximum Gasteiger partial charge on any atom is 0.260 e. The highest BCUT2D eigenvalue weighted by atomic mass is 16.5. The number of aliphatic hydroxyl groups is 1. The second-order valence-corrected chi connectivity index (χ2v) is 4.38. The number of ether oxygens (including phenoxy) is 1. The third-order valence-electron chi connectivity index (χ3n) is 3.14. The lowest BCUT2D eigenvalue weighted by atomic mass is 10.1. The van der Waals surface area contributed by atoms with Crippen LogP contribution < -0.4 is 9.64 Å². The monoisotopic (exact) mass is 271 g/mol. The van der Waals surface area contributed by atoms with Crippen molar-refractivity contribution in [1.29, 1.82) is 0 Å². The topological polar surface area (TPSA) is 49.8 Å². The van der Waals surface area contributed by atoms with Gasteiger partial charge in [0.05, 0.1) is 7.11 Å². The maximum absolute atomic E-state index is 12.3. The van der Waals surface area contributed by atoms with Crippen molar-refractivity contribution in [2.45, 2.75) is 6.10 Å². The Balaban J connectivity index is 2.24. The number of para-hydroxylation sites is 2. The van der Waals surface area contributed by atoms with Crippen LogP contribution in [0.3, 0.4) is 0 Å². The zero-order valence-corrected chi connectivity index (χ0v) is 11.5. The fraction of sp³-hybridized carbons (Fsp3) is 0.188. The van der Waals surface area contributed by atoms with Crippen molar-refractivity contribution in [2.24, 2.45) is 0 Å². The first kappa shape index (κ1) is 14.1. The number of amides is 1. The van der Waals surface area contributed by atoms with E-state index in [2.05, 4.69) is 0 Å². The summed E-state index contributed by atoms with van der Waals surface area (Å²) in [5.74, 6) is 0.0931. The molecule has 1 N–H and O–H groups in total. The molecule has 104 valence electrons.